The first-order valence-corrected chi connectivity index (χ1v) is 8.20. The molecule has 0 spiro atoms. The number of hydrogen-bond acceptors (Lipinski definition) is 5. The maximum Gasteiger partial charge on any atom is 0.142 e. The summed E-state index contributed by atoms with van der Waals surface area (Å²) in [5.74, 6) is 2.40. The van der Waals surface area contributed by atoms with Crippen molar-refractivity contribution in [3.8, 4) is 0 Å². The van der Waals surface area contributed by atoms with Gasteiger partial charge in [0.1, 0.15) is 16.5 Å². The van der Waals surface area contributed by atoms with Crippen LogP contribution in [0.5, 0.6) is 0 Å². The van der Waals surface area contributed by atoms with E-state index in [1.54, 1.807) is 0 Å². The first kappa shape index (κ1) is 12.2. The summed E-state index contributed by atoms with van der Waals surface area (Å²) in [4.78, 5) is 11.7. The zero-order valence-corrected chi connectivity index (χ0v) is 12.3. The second-order valence-corrected chi connectivity index (χ2v) is 7.57. The van der Waals surface area contributed by atoms with Crippen LogP contribution >= 0.6 is 23.1 Å². The summed E-state index contributed by atoms with van der Waals surface area (Å²) in [5, 5.41) is 1.73. The summed E-state index contributed by atoms with van der Waals surface area (Å²) < 4.78 is 0. The lowest BCUT2D eigenvalue weighted by Crippen LogP contribution is -2.00. The quantitative estimate of drug-likeness (QED) is 0.935. The minimum atomic E-state index is 0.596. The third-order valence-corrected chi connectivity index (χ3v) is 5.46. The van der Waals surface area contributed by atoms with Gasteiger partial charge in [0, 0.05) is 4.88 Å². The Hall–Kier alpha value is -0.810. The highest BCUT2D eigenvalue weighted by Crippen LogP contribution is 2.38. The molecule has 2 aromatic rings. The van der Waals surface area contributed by atoms with Crippen LogP contribution in [0.15, 0.2) is 0 Å². The molecule has 2 aromatic heterocycles. The maximum absolute atomic E-state index is 6.13. The van der Waals surface area contributed by atoms with Gasteiger partial charge in [-0.2, -0.15) is 11.8 Å². The third kappa shape index (κ3) is 2.10. The van der Waals surface area contributed by atoms with Gasteiger partial charge in [-0.25, -0.2) is 9.97 Å². The predicted octanol–water partition coefficient (Wildman–Crippen LogP) is 3.40. The van der Waals surface area contributed by atoms with Crippen LogP contribution in [0.3, 0.4) is 0 Å². The standard InChI is InChI=1S/C13H17N3S2/c1-7(2)17-6-10-15-12(14)11-8-4-3-5-9(8)18-13(11)16-10/h7H,3-6H2,1-2H3,(H2,14,15,16). The van der Waals surface area contributed by atoms with Crippen LogP contribution in [-0.2, 0) is 18.6 Å². The lowest BCUT2D eigenvalue weighted by atomic mass is 10.2. The van der Waals surface area contributed by atoms with Crippen molar-refractivity contribution in [2.75, 3.05) is 5.73 Å². The molecule has 0 aromatic carbocycles. The molecule has 0 amide bonds. The van der Waals surface area contributed by atoms with Crippen molar-refractivity contribution in [2.24, 2.45) is 0 Å². The molecule has 2 N–H and O–H groups in total. The van der Waals surface area contributed by atoms with Crippen LogP contribution in [0.1, 0.15) is 36.5 Å². The molecule has 0 bridgehead atoms. The topological polar surface area (TPSA) is 51.8 Å². The number of rotatable bonds is 3. The number of aryl methyl sites for hydroxylation is 2. The number of aromatic nitrogens is 2. The van der Waals surface area contributed by atoms with Gasteiger partial charge in [-0.15, -0.1) is 11.3 Å². The highest BCUT2D eigenvalue weighted by Gasteiger charge is 2.21. The van der Waals surface area contributed by atoms with E-state index in [-0.39, 0.29) is 0 Å². The molecule has 18 heavy (non-hydrogen) atoms. The molecule has 0 saturated carbocycles. The van der Waals surface area contributed by atoms with Crippen LogP contribution in [0.4, 0.5) is 5.82 Å². The molecule has 5 heteroatoms. The van der Waals surface area contributed by atoms with Crippen molar-refractivity contribution in [3.63, 3.8) is 0 Å². The van der Waals surface area contributed by atoms with Crippen molar-refractivity contribution >= 4 is 39.1 Å². The van der Waals surface area contributed by atoms with Crippen molar-refractivity contribution in [1.82, 2.24) is 9.97 Å². The molecule has 0 fully saturated rings. The molecule has 0 saturated heterocycles. The van der Waals surface area contributed by atoms with E-state index in [0.717, 1.165) is 28.2 Å². The minimum absolute atomic E-state index is 0.596. The van der Waals surface area contributed by atoms with E-state index >= 15 is 0 Å². The zero-order chi connectivity index (χ0) is 12.7. The Morgan fingerprint density at radius 2 is 2.17 bits per heavy atom. The first-order chi connectivity index (χ1) is 8.65. The first-order valence-electron chi connectivity index (χ1n) is 6.33. The lowest BCUT2D eigenvalue weighted by Gasteiger charge is -2.05. The van der Waals surface area contributed by atoms with Crippen molar-refractivity contribution in [1.29, 1.82) is 0 Å². The molecule has 1 aliphatic carbocycles. The SMILES string of the molecule is CC(C)SCc1nc(N)c2c3c(sc2n1)CCC3. The second kappa shape index (κ2) is 4.70. The van der Waals surface area contributed by atoms with Crippen LogP contribution < -0.4 is 5.73 Å². The van der Waals surface area contributed by atoms with E-state index in [1.165, 1.54) is 23.3 Å². The van der Waals surface area contributed by atoms with Gasteiger partial charge >= 0.3 is 0 Å². The van der Waals surface area contributed by atoms with Crippen LogP contribution in [0, 0.1) is 0 Å². The molecule has 3 rings (SSSR count). The van der Waals surface area contributed by atoms with E-state index in [1.807, 2.05) is 23.1 Å². The van der Waals surface area contributed by atoms with E-state index in [2.05, 4.69) is 23.8 Å². The zero-order valence-electron chi connectivity index (χ0n) is 10.7. The minimum Gasteiger partial charge on any atom is -0.383 e. The lowest BCUT2D eigenvalue weighted by molar-refractivity contribution is 0.917. The molecule has 0 radical (unpaired) electrons. The molecule has 3 nitrogen and oxygen atoms in total. The number of hydrogen-bond donors (Lipinski definition) is 1. The number of nitrogens with zero attached hydrogens (tertiary/aromatic N) is 2. The Morgan fingerprint density at radius 1 is 1.33 bits per heavy atom. The average Bonchev–Trinajstić information content (AvgIpc) is 2.85. The Morgan fingerprint density at radius 3 is 2.94 bits per heavy atom. The number of anilines is 1. The summed E-state index contributed by atoms with van der Waals surface area (Å²) in [6.45, 7) is 4.37. The Kier molecular flexibility index (Phi) is 3.20. The molecule has 0 unspecified atom stereocenters. The smallest absolute Gasteiger partial charge is 0.142 e. The van der Waals surface area contributed by atoms with Gasteiger partial charge in [0.25, 0.3) is 0 Å². The van der Waals surface area contributed by atoms with Gasteiger partial charge in [-0.05, 0) is 30.1 Å². The van der Waals surface area contributed by atoms with Gasteiger partial charge in [0.2, 0.25) is 0 Å². The number of nitrogens with two attached hydrogens (primary N) is 1. The highest BCUT2D eigenvalue weighted by atomic mass is 32.2. The second-order valence-electron chi connectivity index (χ2n) is 4.92. The summed E-state index contributed by atoms with van der Waals surface area (Å²) in [6.07, 6.45) is 3.58. The fourth-order valence-electron chi connectivity index (χ4n) is 2.38. The van der Waals surface area contributed by atoms with E-state index in [4.69, 9.17) is 5.73 Å². The summed E-state index contributed by atoms with van der Waals surface area (Å²) >= 11 is 3.67. The van der Waals surface area contributed by atoms with Gasteiger partial charge in [0.15, 0.2) is 0 Å². The molecule has 0 atom stereocenters. The van der Waals surface area contributed by atoms with E-state index in [9.17, 15) is 0 Å². The maximum atomic E-state index is 6.13. The predicted molar refractivity (Wildman–Crippen MR) is 80.3 cm³/mol. The number of thioether (sulfide) groups is 1. The molecular weight excluding hydrogens is 262 g/mol. The number of fused-ring (bicyclic) bond motifs is 3. The molecular formula is C13H17N3S2. The Balaban J connectivity index is 2.01. The van der Waals surface area contributed by atoms with E-state index in [0.29, 0.717) is 11.1 Å². The highest BCUT2D eigenvalue weighted by molar-refractivity contribution is 7.99. The van der Waals surface area contributed by atoms with Gasteiger partial charge in [0.05, 0.1) is 11.1 Å². The van der Waals surface area contributed by atoms with Gasteiger partial charge in [-0.1, -0.05) is 13.8 Å². The van der Waals surface area contributed by atoms with Crippen molar-refractivity contribution in [3.05, 3.63) is 16.3 Å². The van der Waals surface area contributed by atoms with Gasteiger partial charge in [-0.3, -0.25) is 0 Å². The van der Waals surface area contributed by atoms with E-state index < -0.39 is 0 Å². The average molecular weight is 279 g/mol. The summed E-state index contributed by atoms with van der Waals surface area (Å²) in [5.41, 5.74) is 7.54. The molecule has 96 valence electrons. The third-order valence-electron chi connectivity index (χ3n) is 3.18. The van der Waals surface area contributed by atoms with Crippen LogP contribution in [0.2, 0.25) is 0 Å². The Bertz CT molecular complexity index is 589. The molecule has 2 heterocycles. The fourth-order valence-corrected chi connectivity index (χ4v) is 4.28. The monoisotopic (exact) mass is 279 g/mol. The Labute approximate surface area is 115 Å². The van der Waals surface area contributed by atoms with Crippen molar-refractivity contribution in [2.45, 2.75) is 44.1 Å². The fraction of sp³-hybridized carbons (Fsp3) is 0.538. The van der Waals surface area contributed by atoms with Crippen LogP contribution in [0.25, 0.3) is 10.2 Å². The summed E-state index contributed by atoms with van der Waals surface area (Å²) in [7, 11) is 0. The van der Waals surface area contributed by atoms with Gasteiger partial charge < -0.3 is 5.73 Å². The number of nitrogen functional groups attached to an aromatic ring is 1. The normalized spacial score (nSPS) is 14.6. The van der Waals surface area contributed by atoms with Crippen molar-refractivity contribution < 1.29 is 0 Å². The van der Waals surface area contributed by atoms with Crippen LogP contribution in [-0.4, -0.2) is 15.2 Å². The number of thiophene rings is 1. The molecule has 0 aliphatic heterocycles. The summed E-state index contributed by atoms with van der Waals surface area (Å²) in [6, 6.07) is 0. The largest absolute Gasteiger partial charge is 0.383 e. The molecule has 1 aliphatic rings.